The van der Waals surface area contributed by atoms with Gasteiger partial charge in [0, 0.05) is 36.3 Å². The van der Waals surface area contributed by atoms with Crippen LogP contribution in [0.2, 0.25) is 0 Å². The van der Waals surface area contributed by atoms with Crippen LogP contribution in [-0.2, 0) is 6.42 Å². The molecule has 0 saturated carbocycles. The minimum Gasteiger partial charge on any atom is -0.399 e. The second kappa shape index (κ2) is 4.94. The Labute approximate surface area is 98.6 Å². The number of nitrogen functional groups attached to an aromatic ring is 1. The van der Waals surface area contributed by atoms with E-state index in [1.54, 1.807) is 23.6 Å². The van der Waals surface area contributed by atoms with Crippen LogP contribution in [0.4, 0.5) is 11.5 Å². The van der Waals surface area contributed by atoms with Gasteiger partial charge in [0.2, 0.25) is 0 Å². The monoisotopic (exact) mass is 234 g/mol. The third-order valence-corrected chi connectivity index (χ3v) is 2.96. The van der Waals surface area contributed by atoms with Crippen LogP contribution in [0, 0.1) is 6.92 Å². The van der Waals surface area contributed by atoms with E-state index < -0.39 is 0 Å². The quantitative estimate of drug-likeness (QED) is 0.850. The van der Waals surface area contributed by atoms with Crippen molar-refractivity contribution in [1.82, 2.24) is 9.97 Å². The van der Waals surface area contributed by atoms with Crippen molar-refractivity contribution < 1.29 is 0 Å². The lowest BCUT2D eigenvalue weighted by molar-refractivity contribution is 0.961. The number of thiazole rings is 1. The molecule has 0 atom stereocenters. The second-order valence-electron chi connectivity index (χ2n) is 3.51. The van der Waals surface area contributed by atoms with Gasteiger partial charge in [-0.1, -0.05) is 0 Å². The molecule has 0 saturated heterocycles. The van der Waals surface area contributed by atoms with Gasteiger partial charge in [-0.25, -0.2) is 9.97 Å². The van der Waals surface area contributed by atoms with Gasteiger partial charge < -0.3 is 11.1 Å². The van der Waals surface area contributed by atoms with Crippen LogP contribution in [0.1, 0.15) is 10.7 Å². The maximum Gasteiger partial charge on any atom is 0.127 e. The van der Waals surface area contributed by atoms with E-state index in [0.29, 0.717) is 0 Å². The summed E-state index contributed by atoms with van der Waals surface area (Å²) in [7, 11) is 0. The summed E-state index contributed by atoms with van der Waals surface area (Å²) < 4.78 is 0. The van der Waals surface area contributed by atoms with Gasteiger partial charge in [0.05, 0.1) is 10.7 Å². The predicted octanol–water partition coefficient (Wildman–Crippen LogP) is 2.08. The normalized spacial score (nSPS) is 10.3. The molecule has 0 unspecified atom stereocenters. The van der Waals surface area contributed by atoms with Crippen LogP contribution >= 0.6 is 11.3 Å². The third-order valence-electron chi connectivity index (χ3n) is 2.14. The molecule has 4 nitrogen and oxygen atoms in total. The van der Waals surface area contributed by atoms with E-state index in [-0.39, 0.29) is 0 Å². The lowest BCUT2D eigenvalue weighted by Crippen LogP contribution is -2.06. The first-order chi connectivity index (χ1) is 7.74. The Bertz CT molecular complexity index is 467. The molecule has 5 heteroatoms. The Kier molecular flexibility index (Phi) is 3.36. The Morgan fingerprint density at radius 2 is 2.38 bits per heavy atom. The largest absolute Gasteiger partial charge is 0.399 e. The molecule has 16 heavy (non-hydrogen) atoms. The highest BCUT2D eigenvalue weighted by Crippen LogP contribution is 2.10. The number of nitrogens with two attached hydrogens (primary N) is 1. The van der Waals surface area contributed by atoms with Crippen molar-refractivity contribution in [2.45, 2.75) is 13.3 Å². The zero-order valence-corrected chi connectivity index (χ0v) is 9.92. The summed E-state index contributed by atoms with van der Waals surface area (Å²) in [6.45, 7) is 2.83. The highest BCUT2D eigenvalue weighted by molar-refractivity contribution is 7.09. The van der Waals surface area contributed by atoms with Crippen molar-refractivity contribution in [3.63, 3.8) is 0 Å². The first-order valence-electron chi connectivity index (χ1n) is 5.10. The number of hydrogen-bond acceptors (Lipinski definition) is 5. The zero-order valence-electron chi connectivity index (χ0n) is 9.10. The summed E-state index contributed by atoms with van der Waals surface area (Å²) >= 11 is 1.68. The number of nitrogens with one attached hydrogen (secondary N) is 1. The maximum atomic E-state index is 5.65. The van der Waals surface area contributed by atoms with Crippen molar-refractivity contribution in [3.8, 4) is 0 Å². The molecule has 0 radical (unpaired) electrons. The summed E-state index contributed by atoms with van der Waals surface area (Å²) in [5.74, 6) is 0.812. The molecule has 0 aliphatic rings. The fourth-order valence-electron chi connectivity index (χ4n) is 1.39. The molecule has 84 valence electrons. The smallest absolute Gasteiger partial charge is 0.127 e. The van der Waals surface area contributed by atoms with Crippen molar-refractivity contribution in [2.75, 3.05) is 17.6 Å². The molecule has 0 fully saturated rings. The lowest BCUT2D eigenvalue weighted by atomic mass is 10.3. The molecule has 0 amide bonds. The number of rotatable bonds is 4. The average molecular weight is 234 g/mol. The van der Waals surface area contributed by atoms with Crippen molar-refractivity contribution in [2.24, 2.45) is 0 Å². The predicted molar refractivity (Wildman–Crippen MR) is 67.7 cm³/mol. The molecule has 2 rings (SSSR count). The van der Waals surface area contributed by atoms with E-state index in [1.807, 2.05) is 13.0 Å². The molecule has 3 N–H and O–H groups in total. The van der Waals surface area contributed by atoms with Crippen molar-refractivity contribution in [3.05, 3.63) is 34.4 Å². The number of pyridine rings is 1. The summed E-state index contributed by atoms with van der Waals surface area (Å²) in [6, 6.07) is 3.60. The van der Waals surface area contributed by atoms with Crippen LogP contribution in [0.15, 0.2) is 23.7 Å². The summed E-state index contributed by atoms with van der Waals surface area (Å²) in [6.07, 6.45) is 2.60. The molecule has 0 spiro atoms. The highest BCUT2D eigenvalue weighted by atomic mass is 32.1. The number of aryl methyl sites for hydroxylation is 1. The van der Waals surface area contributed by atoms with Crippen LogP contribution < -0.4 is 11.1 Å². The number of anilines is 2. The molecule has 0 bridgehead atoms. The van der Waals surface area contributed by atoms with E-state index in [1.165, 1.54) is 0 Å². The van der Waals surface area contributed by atoms with E-state index in [4.69, 9.17) is 5.73 Å². The van der Waals surface area contributed by atoms with Gasteiger partial charge in [0.1, 0.15) is 5.82 Å². The Hall–Kier alpha value is -1.62. The van der Waals surface area contributed by atoms with Crippen LogP contribution in [0.5, 0.6) is 0 Å². The van der Waals surface area contributed by atoms with Gasteiger partial charge >= 0.3 is 0 Å². The topological polar surface area (TPSA) is 63.8 Å². The van der Waals surface area contributed by atoms with Gasteiger partial charge in [-0.2, -0.15) is 0 Å². The minimum absolute atomic E-state index is 0.724. The van der Waals surface area contributed by atoms with Crippen molar-refractivity contribution >= 4 is 22.8 Å². The SMILES string of the molecule is Cc1nc(CCNc2cc(N)ccn2)cs1. The van der Waals surface area contributed by atoms with Crippen LogP contribution in [0.3, 0.4) is 0 Å². The van der Waals surface area contributed by atoms with Crippen LogP contribution in [0.25, 0.3) is 0 Å². The van der Waals surface area contributed by atoms with Gasteiger partial charge in [-0.05, 0) is 13.0 Å². The van der Waals surface area contributed by atoms with Crippen molar-refractivity contribution in [1.29, 1.82) is 0 Å². The number of nitrogens with zero attached hydrogens (tertiary/aromatic N) is 2. The maximum absolute atomic E-state index is 5.65. The molecule has 0 aliphatic carbocycles. The molecule has 0 aliphatic heterocycles. The zero-order chi connectivity index (χ0) is 11.4. The third kappa shape index (κ3) is 2.93. The molecular weight excluding hydrogens is 220 g/mol. The fourth-order valence-corrected chi connectivity index (χ4v) is 2.03. The first kappa shape index (κ1) is 10.9. The van der Waals surface area contributed by atoms with E-state index in [2.05, 4.69) is 20.7 Å². The first-order valence-corrected chi connectivity index (χ1v) is 5.98. The molecular formula is C11H14N4S. The Morgan fingerprint density at radius 3 is 3.06 bits per heavy atom. The highest BCUT2D eigenvalue weighted by Gasteiger charge is 1.98. The average Bonchev–Trinajstić information content (AvgIpc) is 2.64. The van der Waals surface area contributed by atoms with Gasteiger partial charge in [0.15, 0.2) is 0 Å². The fraction of sp³-hybridized carbons (Fsp3) is 0.273. The number of hydrogen-bond donors (Lipinski definition) is 2. The van der Waals surface area contributed by atoms with E-state index >= 15 is 0 Å². The lowest BCUT2D eigenvalue weighted by Gasteiger charge is -2.04. The van der Waals surface area contributed by atoms with E-state index in [0.717, 1.165) is 35.2 Å². The van der Waals surface area contributed by atoms with E-state index in [9.17, 15) is 0 Å². The number of aromatic nitrogens is 2. The second-order valence-corrected chi connectivity index (χ2v) is 4.57. The molecule has 2 heterocycles. The molecule has 0 aromatic carbocycles. The van der Waals surface area contributed by atoms with Gasteiger partial charge in [0.25, 0.3) is 0 Å². The Morgan fingerprint density at radius 1 is 1.50 bits per heavy atom. The van der Waals surface area contributed by atoms with Gasteiger partial charge in [-0.15, -0.1) is 11.3 Å². The standard InChI is InChI=1S/C11H14N4S/c1-8-15-10(7-16-8)3-5-14-11-6-9(12)2-4-13-11/h2,4,6-7H,3,5H2,1H3,(H3,12,13,14). The molecule has 2 aromatic heterocycles. The summed E-state index contributed by atoms with van der Waals surface area (Å²) in [5, 5.41) is 6.41. The molecule has 2 aromatic rings. The summed E-state index contributed by atoms with van der Waals surface area (Å²) in [4.78, 5) is 8.56. The minimum atomic E-state index is 0.724. The van der Waals surface area contributed by atoms with Crippen LogP contribution in [-0.4, -0.2) is 16.5 Å². The Balaban J connectivity index is 1.84. The van der Waals surface area contributed by atoms with Gasteiger partial charge in [-0.3, -0.25) is 0 Å². The summed E-state index contributed by atoms with van der Waals surface area (Å²) in [5.41, 5.74) is 7.50.